The van der Waals surface area contributed by atoms with Crippen LogP contribution in [-0.4, -0.2) is 25.9 Å². The van der Waals surface area contributed by atoms with E-state index in [1.165, 1.54) is 11.8 Å². The molecule has 0 bridgehead atoms. The molecular weight excluding hydrogens is 382 g/mol. The highest BCUT2D eigenvalue weighted by atomic mass is 32.2. The van der Waals surface area contributed by atoms with Crippen molar-refractivity contribution in [3.05, 3.63) is 66.0 Å². The second-order valence-electron chi connectivity index (χ2n) is 6.65. The smallest absolute Gasteiger partial charge is 0.237 e. The van der Waals surface area contributed by atoms with Crippen LogP contribution in [0, 0.1) is 11.6 Å². The summed E-state index contributed by atoms with van der Waals surface area (Å²) in [6, 6.07) is 12.7. The topological polar surface area (TPSA) is 59.8 Å². The van der Waals surface area contributed by atoms with Crippen LogP contribution in [0.3, 0.4) is 0 Å². The number of carbonyl (C=O) groups is 1. The summed E-state index contributed by atoms with van der Waals surface area (Å²) in [5.41, 5.74) is 0.738. The van der Waals surface area contributed by atoms with Gasteiger partial charge in [-0.1, -0.05) is 30.0 Å². The largest absolute Gasteiger partial charge is 0.323 e. The molecule has 3 aromatic rings. The van der Waals surface area contributed by atoms with Crippen LogP contribution < -0.4 is 5.32 Å². The highest BCUT2D eigenvalue weighted by Crippen LogP contribution is 2.40. The number of halogens is 2. The molecule has 8 heteroatoms. The van der Waals surface area contributed by atoms with Gasteiger partial charge in [-0.05, 0) is 44.0 Å². The standard InChI is InChI=1S/C20H18F2N4OS/c1-12(19(27)23-17-11-14(21)9-10-16(17)22)28-20-24-18(13-7-8-13)26(25-20)15-5-3-2-4-6-15/h2-6,9-13H,7-8H2,1H3,(H,23,27). The summed E-state index contributed by atoms with van der Waals surface area (Å²) in [4.78, 5) is 17.0. The van der Waals surface area contributed by atoms with E-state index in [2.05, 4.69) is 15.4 Å². The fourth-order valence-corrected chi connectivity index (χ4v) is 3.52. The second kappa shape index (κ2) is 7.71. The molecule has 1 amide bonds. The summed E-state index contributed by atoms with van der Waals surface area (Å²) in [5, 5.41) is 6.88. The number of rotatable bonds is 6. The van der Waals surface area contributed by atoms with Crippen molar-refractivity contribution in [1.82, 2.24) is 14.8 Å². The zero-order valence-corrected chi connectivity index (χ0v) is 15.9. The van der Waals surface area contributed by atoms with Crippen LogP contribution in [0.2, 0.25) is 0 Å². The minimum Gasteiger partial charge on any atom is -0.323 e. The van der Waals surface area contributed by atoms with E-state index >= 15 is 0 Å². The number of benzene rings is 2. The van der Waals surface area contributed by atoms with Gasteiger partial charge in [-0.25, -0.2) is 18.4 Å². The Balaban J connectivity index is 1.50. The molecule has 1 aliphatic carbocycles. The maximum atomic E-state index is 13.7. The maximum Gasteiger partial charge on any atom is 0.237 e. The van der Waals surface area contributed by atoms with Crippen LogP contribution in [-0.2, 0) is 4.79 Å². The summed E-state index contributed by atoms with van der Waals surface area (Å²) in [5.74, 6) is -0.479. The molecule has 28 heavy (non-hydrogen) atoms. The average molecular weight is 400 g/mol. The van der Waals surface area contributed by atoms with Crippen LogP contribution in [0.1, 0.15) is 31.5 Å². The highest BCUT2D eigenvalue weighted by Gasteiger charge is 2.31. The van der Waals surface area contributed by atoms with E-state index in [4.69, 9.17) is 0 Å². The molecule has 1 aliphatic rings. The predicted octanol–water partition coefficient (Wildman–Crippen LogP) is 4.54. The number of aromatic nitrogens is 3. The Morgan fingerprint density at radius 2 is 1.96 bits per heavy atom. The van der Waals surface area contributed by atoms with Gasteiger partial charge in [-0.3, -0.25) is 4.79 Å². The number of hydrogen-bond acceptors (Lipinski definition) is 4. The molecule has 1 saturated carbocycles. The van der Waals surface area contributed by atoms with E-state index in [0.717, 1.165) is 42.6 Å². The fourth-order valence-electron chi connectivity index (χ4n) is 2.76. The first-order valence-electron chi connectivity index (χ1n) is 8.96. The zero-order chi connectivity index (χ0) is 19.7. The van der Waals surface area contributed by atoms with Crippen LogP contribution in [0.15, 0.2) is 53.7 Å². The molecule has 0 radical (unpaired) electrons. The lowest BCUT2D eigenvalue weighted by atomic mass is 10.3. The van der Waals surface area contributed by atoms with Crippen molar-refractivity contribution in [2.45, 2.75) is 36.1 Å². The molecular formula is C20H18F2N4OS. The van der Waals surface area contributed by atoms with E-state index in [-0.39, 0.29) is 5.69 Å². The SMILES string of the molecule is CC(Sc1nc(C2CC2)n(-c2ccccc2)n1)C(=O)Nc1cc(F)ccc1F. The first-order valence-corrected chi connectivity index (χ1v) is 9.84. The van der Waals surface area contributed by atoms with Crippen molar-refractivity contribution in [1.29, 1.82) is 0 Å². The van der Waals surface area contributed by atoms with E-state index in [9.17, 15) is 13.6 Å². The molecule has 0 saturated heterocycles. The summed E-state index contributed by atoms with van der Waals surface area (Å²) in [7, 11) is 0. The number of amides is 1. The number of para-hydroxylation sites is 1. The number of thioether (sulfide) groups is 1. The van der Waals surface area contributed by atoms with Gasteiger partial charge in [-0.2, -0.15) is 0 Å². The summed E-state index contributed by atoms with van der Waals surface area (Å²) in [6.07, 6.45) is 2.15. The first-order chi connectivity index (χ1) is 13.5. The summed E-state index contributed by atoms with van der Waals surface area (Å²) >= 11 is 1.18. The lowest BCUT2D eigenvalue weighted by Gasteiger charge is -2.10. The molecule has 1 N–H and O–H groups in total. The number of anilines is 1. The lowest BCUT2D eigenvalue weighted by Crippen LogP contribution is -2.23. The Labute approximate surface area is 165 Å². The maximum absolute atomic E-state index is 13.7. The fraction of sp³-hybridized carbons (Fsp3) is 0.250. The zero-order valence-electron chi connectivity index (χ0n) is 15.1. The third-order valence-corrected chi connectivity index (χ3v) is 5.35. The third-order valence-electron chi connectivity index (χ3n) is 4.39. The Morgan fingerprint density at radius 1 is 1.21 bits per heavy atom. The molecule has 1 atom stereocenters. The van der Waals surface area contributed by atoms with E-state index < -0.39 is 22.8 Å². The van der Waals surface area contributed by atoms with Gasteiger partial charge in [0.05, 0.1) is 16.6 Å². The van der Waals surface area contributed by atoms with Gasteiger partial charge >= 0.3 is 0 Å². The summed E-state index contributed by atoms with van der Waals surface area (Å²) < 4.78 is 28.8. The van der Waals surface area contributed by atoms with Crippen molar-refractivity contribution < 1.29 is 13.6 Å². The number of hydrogen-bond donors (Lipinski definition) is 1. The third kappa shape index (κ3) is 4.06. The number of nitrogens with zero attached hydrogens (tertiary/aromatic N) is 3. The quantitative estimate of drug-likeness (QED) is 0.617. The monoisotopic (exact) mass is 400 g/mol. The van der Waals surface area contributed by atoms with E-state index in [0.29, 0.717) is 11.1 Å². The van der Waals surface area contributed by atoms with Crippen molar-refractivity contribution in [3.8, 4) is 5.69 Å². The molecule has 1 heterocycles. The Bertz CT molecular complexity index is 1000. The van der Waals surface area contributed by atoms with Crippen LogP contribution >= 0.6 is 11.8 Å². The lowest BCUT2D eigenvalue weighted by molar-refractivity contribution is -0.115. The Hall–Kier alpha value is -2.74. The van der Waals surface area contributed by atoms with Gasteiger partial charge in [0.25, 0.3) is 0 Å². The molecule has 0 spiro atoms. The molecule has 144 valence electrons. The Kier molecular flexibility index (Phi) is 5.13. The molecule has 2 aromatic carbocycles. The summed E-state index contributed by atoms with van der Waals surface area (Å²) in [6.45, 7) is 1.68. The van der Waals surface area contributed by atoms with Crippen molar-refractivity contribution in [2.75, 3.05) is 5.32 Å². The van der Waals surface area contributed by atoms with Gasteiger partial charge in [0, 0.05) is 12.0 Å². The number of nitrogens with one attached hydrogen (secondary N) is 1. The van der Waals surface area contributed by atoms with Crippen molar-refractivity contribution in [2.24, 2.45) is 0 Å². The minimum absolute atomic E-state index is 0.182. The molecule has 4 rings (SSSR count). The average Bonchev–Trinajstić information content (AvgIpc) is 3.45. The minimum atomic E-state index is -0.686. The van der Waals surface area contributed by atoms with Gasteiger partial charge in [0.1, 0.15) is 17.5 Å². The molecule has 1 unspecified atom stereocenters. The van der Waals surface area contributed by atoms with Gasteiger partial charge in [-0.15, -0.1) is 5.10 Å². The second-order valence-corrected chi connectivity index (χ2v) is 7.96. The predicted molar refractivity (Wildman–Crippen MR) is 104 cm³/mol. The molecule has 1 fully saturated rings. The van der Waals surface area contributed by atoms with Gasteiger partial charge in [0.2, 0.25) is 11.1 Å². The van der Waals surface area contributed by atoms with Crippen LogP contribution in [0.4, 0.5) is 14.5 Å². The van der Waals surface area contributed by atoms with Gasteiger partial charge < -0.3 is 5.32 Å². The van der Waals surface area contributed by atoms with Gasteiger partial charge in [0.15, 0.2) is 0 Å². The van der Waals surface area contributed by atoms with Crippen LogP contribution in [0.5, 0.6) is 0 Å². The van der Waals surface area contributed by atoms with Crippen molar-refractivity contribution in [3.63, 3.8) is 0 Å². The van der Waals surface area contributed by atoms with Crippen molar-refractivity contribution >= 4 is 23.4 Å². The van der Waals surface area contributed by atoms with E-state index in [1.54, 1.807) is 6.92 Å². The highest BCUT2D eigenvalue weighted by molar-refractivity contribution is 8.00. The molecule has 0 aliphatic heterocycles. The molecule has 5 nitrogen and oxygen atoms in total. The van der Waals surface area contributed by atoms with E-state index in [1.807, 2.05) is 35.0 Å². The number of carbonyl (C=O) groups excluding carboxylic acids is 1. The van der Waals surface area contributed by atoms with Crippen LogP contribution in [0.25, 0.3) is 5.69 Å². The normalized spacial score (nSPS) is 14.7. The molecule has 1 aromatic heterocycles. The Morgan fingerprint density at radius 3 is 2.68 bits per heavy atom. The first kappa shape index (κ1) is 18.6.